The van der Waals surface area contributed by atoms with Crippen molar-refractivity contribution >= 4 is 16.9 Å². The first kappa shape index (κ1) is 18.7. The zero-order chi connectivity index (χ0) is 18.4. The number of fused-ring (bicyclic) bond motifs is 1. The Morgan fingerprint density at radius 1 is 1.27 bits per heavy atom. The van der Waals surface area contributed by atoms with Gasteiger partial charge in [-0.15, -0.1) is 0 Å². The van der Waals surface area contributed by atoms with Crippen molar-refractivity contribution < 1.29 is 13.9 Å². The molecule has 0 fully saturated rings. The molecule has 0 saturated carbocycles. The zero-order valence-corrected chi connectivity index (χ0v) is 15.8. The monoisotopic (exact) mass is 374 g/mol. The maximum atomic E-state index is 14.0. The fourth-order valence-corrected chi connectivity index (χ4v) is 3.73. The molecule has 1 aliphatic rings. The second kappa shape index (κ2) is 9.05. The van der Waals surface area contributed by atoms with Crippen LogP contribution in [0.3, 0.4) is 0 Å². The molecule has 0 amide bonds. The van der Waals surface area contributed by atoms with Crippen molar-refractivity contribution in [2.75, 3.05) is 13.1 Å². The Bertz CT molecular complexity index is 768. The Kier molecular flexibility index (Phi) is 6.52. The lowest BCUT2D eigenvalue weighted by molar-refractivity contribution is -0.112. The molecule has 1 aliphatic heterocycles. The third-order valence-corrected chi connectivity index (χ3v) is 4.89. The molecule has 26 heavy (non-hydrogen) atoms. The third-order valence-electron chi connectivity index (χ3n) is 3.89. The van der Waals surface area contributed by atoms with Crippen LogP contribution >= 0.6 is 11.8 Å². The number of benzene rings is 2. The molecule has 1 N–H and O–H groups in total. The summed E-state index contributed by atoms with van der Waals surface area (Å²) >= 11 is 1.55. The van der Waals surface area contributed by atoms with Gasteiger partial charge in [0.15, 0.2) is 5.17 Å². The van der Waals surface area contributed by atoms with Crippen LogP contribution in [0.5, 0.6) is 5.75 Å². The summed E-state index contributed by atoms with van der Waals surface area (Å²) in [5.41, 5.74) is 2.50. The number of aliphatic imine (C=N–C) groups is 1. The maximum Gasteiger partial charge on any atom is 0.227 e. The van der Waals surface area contributed by atoms with Crippen molar-refractivity contribution in [3.63, 3.8) is 0 Å². The highest BCUT2D eigenvalue weighted by Crippen LogP contribution is 2.37. The van der Waals surface area contributed by atoms with E-state index in [1.54, 1.807) is 11.8 Å². The number of hydrogen-bond donors (Lipinski definition) is 1. The summed E-state index contributed by atoms with van der Waals surface area (Å²) in [6.07, 6.45) is -0.476. The van der Waals surface area contributed by atoms with Crippen molar-refractivity contribution in [3.05, 3.63) is 65.0 Å². The molecule has 0 aliphatic carbocycles. The van der Waals surface area contributed by atoms with Gasteiger partial charge in [0.2, 0.25) is 6.29 Å². The lowest BCUT2D eigenvalue weighted by Gasteiger charge is -2.28. The van der Waals surface area contributed by atoms with Crippen LogP contribution in [0.4, 0.5) is 4.39 Å². The second-order valence-electron chi connectivity index (χ2n) is 5.82. The molecule has 3 rings (SSSR count). The number of nitrogens with zero attached hydrogens (tertiary/aromatic N) is 1. The van der Waals surface area contributed by atoms with Gasteiger partial charge in [-0.05, 0) is 26.0 Å². The summed E-state index contributed by atoms with van der Waals surface area (Å²) in [6.45, 7) is 5.85. The van der Waals surface area contributed by atoms with Crippen molar-refractivity contribution in [3.8, 4) is 5.75 Å². The smallest absolute Gasteiger partial charge is 0.227 e. The highest BCUT2D eigenvalue weighted by atomic mass is 32.2. The Morgan fingerprint density at radius 3 is 2.81 bits per heavy atom. The third kappa shape index (κ3) is 4.56. The average Bonchev–Trinajstić information content (AvgIpc) is 2.66. The van der Waals surface area contributed by atoms with Gasteiger partial charge in [0.1, 0.15) is 11.6 Å². The second-order valence-corrected chi connectivity index (χ2v) is 6.79. The van der Waals surface area contributed by atoms with Crippen LogP contribution in [0, 0.1) is 5.82 Å². The van der Waals surface area contributed by atoms with E-state index < -0.39 is 6.29 Å². The maximum absolute atomic E-state index is 14.0. The predicted molar refractivity (Wildman–Crippen MR) is 104 cm³/mol. The van der Waals surface area contributed by atoms with Crippen molar-refractivity contribution in [2.45, 2.75) is 32.5 Å². The Labute approximate surface area is 157 Å². The number of nitrogens with one attached hydrogen (secondary N) is 1. The molecular weight excluding hydrogens is 351 g/mol. The number of rotatable bonds is 5. The minimum atomic E-state index is -0.476. The highest BCUT2D eigenvalue weighted by Gasteiger charge is 2.25. The molecule has 0 spiro atoms. The summed E-state index contributed by atoms with van der Waals surface area (Å²) in [6, 6.07) is 12.8. The van der Waals surface area contributed by atoms with Crippen LogP contribution in [0.25, 0.3) is 0 Å². The van der Waals surface area contributed by atoms with Gasteiger partial charge in [-0.1, -0.05) is 42.1 Å². The zero-order valence-electron chi connectivity index (χ0n) is 15.0. The van der Waals surface area contributed by atoms with Crippen LogP contribution in [0.2, 0.25) is 0 Å². The largest absolute Gasteiger partial charge is 0.460 e. The lowest BCUT2D eigenvalue weighted by atomic mass is 10.1. The molecule has 4 nitrogen and oxygen atoms in total. The van der Waals surface area contributed by atoms with Gasteiger partial charge in [-0.25, -0.2) is 4.39 Å². The Morgan fingerprint density at radius 2 is 2.08 bits per heavy atom. The number of ether oxygens (including phenoxy) is 2. The Hall–Kier alpha value is -2.05. The van der Waals surface area contributed by atoms with Gasteiger partial charge in [-0.3, -0.25) is 4.99 Å². The van der Waals surface area contributed by atoms with E-state index in [1.807, 2.05) is 44.2 Å². The average molecular weight is 374 g/mol. The van der Waals surface area contributed by atoms with E-state index in [0.29, 0.717) is 24.7 Å². The first-order chi connectivity index (χ1) is 12.7. The number of thioether (sulfide) groups is 1. The van der Waals surface area contributed by atoms with E-state index in [4.69, 9.17) is 9.47 Å². The van der Waals surface area contributed by atoms with Gasteiger partial charge in [0.05, 0.1) is 6.61 Å². The van der Waals surface area contributed by atoms with Gasteiger partial charge in [-0.2, -0.15) is 0 Å². The van der Waals surface area contributed by atoms with E-state index in [0.717, 1.165) is 28.4 Å². The van der Waals surface area contributed by atoms with E-state index in [2.05, 4.69) is 10.3 Å². The SMILES string of the molecule is CCN=C(NCC)SCc1cc(F)cc2c1O[C@H](c1ccccc1)OC2. The molecule has 0 aromatic heterocycles. The standard InChI is InChI=1S/C20H23FN2O2S/c1-3-22-20(23-4-2)26-13-16-11-17(21)10-15-12-24-19(25-18(15)16)14-8-6-5-7-9-14/h5-11,19H,3-4,12-13H2,1-2H3,(H,22,23)/t19-/m1/s1. The van der Waals surface area contributed by atoms with Gasteiger partial charge < -0.3 is 14.8 Å². The molecular formula is C20H23FN2O2S. The van der Waals surface area contributed by atoms with E-state index in [-0.39, 0.29) is 5.82 Å². The molecule has 1 atom stereocenters. The molecule has 0 saturated heterocycles. The van der Waals surface area contributed by atoms with Crippen molar-refractivity contribution in [2.24, 2.45) is 4.99 Å². The van der Waals surface area contributed by atoms with Crippen LogP contribution in [-0.4, -0.2) is 18.3 Å². The minimum absolute atomic E-state index is 0.276. The van der Waals surface area contributed by atoms with E-state index in [9.17, 15) is 4.39 Å². The van der Waals surface area contributed by atoms with Gasteiger partial charge in [0, 0.05) is 35.5 Å². The van der Waals surface area contributed by atoms with Gasteiger partial charge >= 0.3 is 0 Å². The Balaban J connectivity index is 1.81. The summed E-state index contributed by atoms with van der Waals surface area (Å²) in [7, 11) is 0. The molecule has 6 heteroatoms. The van der Waals surface area contributed by atoms with Crippen molar-refractivity contribution in [1.29, 1.82) is 0 Å². The number of amidine groups is 1. The molecule has 0 unspecified atom stereocenters. The van der Waals surface area contributed by atoms with Crippen LogP contribution in [0.15, 0.2) is 47.5 Å². The summed E-state index contributed by atoms with van der Waals surface area (Å²) < 4.78 is 25.9. The molecule has 2 aromatic carbocycles. The minimum Gasteiger partial charge on any atom is -0.460 e. The number of hydrogen-bond acceptors (Lipinski definition) is 4. The molecule has 138 valence electrons. The summed E-state index contributed by atoms with van der Waals surface area (Å²) in [4.78, 5) is 4.44. The van der Waals surface area contributed by atoms with Crippen molar-refractivity contribution in [1.82, 2.24) is 5.32 Å². The summed E-state index contributed by atoms with van der Waals surface area (Å²) in [5, 5.41) is 4.10. The molecule has 0 bridgehead atoms. The topological polar surface area (TPSA) is 42.9 Å². The molecule has 2 aromatic rings. The van der Waals surface area contributed by atoms with Gasteiger partial charge in [0.25, 0.3) is 0 Å². The first-order valence-electron chi connectivity index (χ1n) is 8.76. The first-order valence-corrected chi connectivity index (χ1v) is 9.75. The molecule has 0 radical (unpaired) electrons. The fraction of sp³-hybridized carbons (Fsp3) is 0.350. The van der Waals surface area contributed by atoms with Crippen LogP contribution in [0.1, 0.15) is 36.8 Å². The lowest BCUT2D eigenvalue weighted by Crippen LogP contribution is -2.21. The highest BCUT2D eigenvalue weighted by molar-refractivity contribution is 8.13. The van der Waals surface area contributed by atoms with Crippen LogP contribution in [-0.2, 0) is 17.1 Å². The van der Waals surface area contributed by atoms with Crippen LogP contribution < -0.4 is 10.1 Å². The van der Waals surface area contributed by atoms with E-state index in [1.165, 1.54) is 12.1 Å². The fourth-order valence-electron chi connectivity index (χ4n) is 2.75. The quantitative estimate of drug-likeness (QED) is 0.611. The normalized spacial score (nSPS) is 16.7. The molecule has 1 heterocycles. The van der Waals surface area contributed by atoms with E-state index >= 15 is 0 Å². The number of halogens is 1. The summed E-state index contributed by atoms with van der Waals surface area (Å²) in [5.74, 6) is 1.02. The predicted octanol–water partition coefficient (Wildman–Crippen LogP) is 4.65.